The summed E-state index contributed by atoms with van der Waals surface area (Å²) < 4.78 is 33.6. The molecule has 0 spiro atoms. The van der Waals surface area contributed by atoms with Crippen molar-refractivity contribution < 1.29 is 17.9 Å². The number of halogens is 1. The summed E-state index contributed by atoms with van der Waals surface area (Å²) >= 11 is 3.31. The van der Waals surface area contributed by atoms with Crippen LogP contribution in [0.2, 0.25) is 0 Å². The molecule has 156 valence electrons. The number of piperidine rings is 1. The highest BCUT2D eigenvalue weighted by Crippen LogP contribution is 2.25. The van der Waals surface area contributed by atoms with E-state index in [0.29, 0.717) is 39.0 Å². The summed E-state index contributed by atoms with van der Waals surface area (Å²) in [6.07, 6.45) is 2.05. The lowest BCUT2D eigenvalue weighted by Gasteiger charge is -2.31. The first-order valence-corrected chi connectivity index (χ1v) is 11.9. The van der Waals surface area contributed by atoms with E-state index >= 15 is 0 Å². The summed E-state index contributed by atoms with van der Waals surface area (Å²) in [7, 11) is -3.59. The molecule has 0 radical (unpaired) electrons. The minimum atomic E-state index is -3.59. The average molecular weight is 481 g/mol. The van der Waals surface area contributed by atoms with Gasteiger partial charge < -0.3 is 10.1 Å². The van der Waals surface area contributed by atoms with E-state index in [2.05, 4.69) is 21.2 Å². The number of amides is 1. The van der Waals surface area contributed by atoms with Crippen molar-refractivity contribution in [3.63, 3.8) is 0 Å². The predicted octanol–water partition coefficient (Wildman–Crippen LogP) is 3.44. The summed E-state index contributed by atoms with van der Waals surface area (Å²) in [4.78, 5) is 12.8. The van der Waals surface area contributed by atoms with Gasteiger partial charge in [0.2, 0.25) is 15.9 Å². The van der Waals surface area contributed by atoms with Gasteiger partial charge in [0.05, 0.1) is 17.4 Å². The van der Waals surface area contributed by atoms with Gasteiger partial charge in [0.1, 0.15) is 5.75 Å². The van der Waals surface area contributed by atoms with Crippen LogP contribution in [0, 0.1) is 5.92 Å². The fourth-order valence-electron chi connectivity index (χ4n) is 3.27. The molecule has 1 N–H and O–H groups in total. The van der Waals surface area contributed by atoms with Crippen LogP contribution in [-0.4, -0.2) is 44.9 Å². The molecule has 2 aromatic rings. The third-order valence-electron chi connectivity index (χ3n) is 4.84. The maximum Gasteiger partial charge on any atom is 0.243 e. The molecule has 1 aliphatic rings. The van der Waals surface area contributed by atoms with Gasteiger partial charge in [-0.3, -0.25) is 4.79 Å². The van der Waals surface area contributed by atoms with Crippen LogP contribution in [0.4, 0.5) is 0 Å². The van der Waals surface area contributed by atoms with Gasteiger partial charge in [-0.25, -0.2) is 8.42 Å². The first kappa shape index (κ1) is 21.8. The largest absolute Gasteiger partial charge is 0.494 e. The van der Waals surface area contributed by atoms with E-state index in [0.717, 1.165) is 10.2 Å². The van der Waals surface area contributed by atoms with E-state index in [1.165, 1.54) is 4.31 Å². The minimum absolute atomic E-state index is 0.0968. The number of benzene rings is 2. The van der Waals surface area contributed by atoms with Gasteiger partial charge in [0, 0.05) is 24.1 Å². The monoisotopic (exact) mass is 480 g/mol. The Morgan fingerprint density at radius 2 is 1.86 bits per heavy atom. The zero-order valence-corrected chi connectivity index (χ0v) is 18.5. The third kappa shape index (κ3) is 6.04. The molecule has 0 bridgehead atoms. The SMILES string of the molecule is O=C(NCCCOc1ccccc1)C1CCCN(S(=O)(=O)c2ccc(Br)cc2)C1. The Morgan fingerprint density at radius 3 is 2.59 bits per heavy atom. The van der Waals surface area contributed by atoms with Crippen molar-refractivity contribution in [3.8, 4) is 5.75 Å². The van der Waals surface area contributed by atoms with Crippen LogP contribution in [0.5, 0.6) is 5.75 Å². The fraction of sp³-hybridized carbons (Fsp3) is 0.381. The molecular weight excluding hydrogens is 456 g/mol. The Hall–Kier alpha value is -1.90. The second-order valence-electron chi connectivity index (χ2n) is 6.96. The number of sulfonamides is 1. The lowest BCUT2D eigenvalue weighted by atomic mass is 9.99. The molecule has 0 saturated carbocycles. The lowest BCUT2D eigenvalue weighted by Crippen LogP contribution is -2.45. The highest BCUT2D eigenvalue weighted by molar-refractivity contribution is 9.10. The van der Waals surface area contributed by atoms with Gasteiger partial charge in [-0.2, -0.15) is 4.31 Å². The van der Waals surface area contributed by atoms with Crippen LogP contribution in [0.25, 0.3) is 0 Å². The van der Waals surface area contributed by atoms with Gasteiger partial charge in [0.15, 0.2) is 0 Å². The number of carbonyl (C=O) groups excluding carboxylic acids is 1. The molecule has 1 unspecified atom stereocenters. The molecule has 1 fully saturated rings. The highest BCUT2D eigenvalue weighted by atomic mass is 79.9. The topological polar surface area (TPSA) is 75.7 Å². The summed E-state index contributed by atoms with van der Waals surface area (Å²) in [5.74, 6) is 0.379. The van der Waals surface area contributed by atoms with E-state index in [-0.39, 0.29) is 23.3 Å². The van der Waals surface area contributed by atoms with Gasteiger partial charge in [-0.05, 0) is 55.7 Å². The minimum Gasteiger partial charge on any atom is -0.494 e. The number of hydrogen-bond acceptors (Lipinski definition) is 4. The maximum atomic E-state index is 12.9. The fourth-order valence-corrected chi connectivity index (χ4v) is 5.05. The molecule has 6 nitrogen and oxygen atoms in total. The van der Waals surface area contributed by atoms with Crippen LogP contribution >= 0.6 is 15.9 Å². The quantitative estimate of drug-likeness (QED) is 0.587. The molecule has 1 atom stereocenters. The second-order valence-corrected chi connectivity index (χ2v) is 9.82. The van der Waals surface area contributed by atoms with E-state index in [1.54, 1.807) is 24.3 Å². The third-order valence-corrected chi connectivity index (χ3v) is 7.25. The molecular formula is C21H25BrN2O4S. The zero-order valence-electron chi connectivity index (χ0n) is 16.1. The molecule has 1 amide bonds. The molecule has 1 saturated heterocycles. The number of nitrogens with zero attached hydrogens (tertiary/aromatic N) is 1. The summed E-state index contributed by atoms with van der Waals surface area (Å²) in [5, 5.41) is 2.91. The average Bonchev–Trinajstić information content (AvgIpc) is 2.74. The molecule has 1 heterocycles. The van der Waals surface area contributed by atoms with Gasteiger partial charge in [-0.1, -0.05) is 34.1 Å². The lowest BCUT2D eigenvalue weighted by molar-refractivity contribution is -0.126. The molecule has 1 aliphatic heterocycles. The zero-order chi connectivity index (χ0) is 20.7. The van der Waals surface area contributed by atoms with Crippen molar-refractivity contribution in [1.29, 1.82) is 0 Å². The van der Waals surface area contributed by atoms with Gasteiger partial charge >= 0.3 is 0 Å². The number of nitrogens with one attached hydrogen (secondary N) is 1. The van der Waals surface area contributed by atoms with Crippen LogP contribution in [0.15, 0.2) is 64.0 Å². The predicted molar refractivity (Wildman–Crippen MR) is 115 cm³/mol. The molecule has 29 heavy (non-hydrogen) atoms. The highest BCUT2D eigenvalue weighted by Gasteiger charge is 2.33. The number of carbonyl (C=O) groups is 1. The first-order valence-electron chi connectivity index (χ1n) is 9.68. The smallest absolute Gasteiger partial charge is 0.243 e. The Bertz CT molecular complexity index is 904. The molecule has 2 aromatic carbocycles. The number of rotatable bonds is 8. The van der Waals surface area contributed by atoms with E-state index in [4.69, 9.17) is 4.74 Å². The standard InChI is InChI=1S/C21H25BrN2O4S/c22-18-9-11-20(12-10-18)29(26,27)24-14-4-6-17(16-24)21(25)23-13-5-15-28-19-7-2-1-3-8-19/h1-3,7-12,17H,4-6,13-16H2,(H,23,25). The van der Waals surface area contributed by atoms with Gasteiger partial charge in [0.25, 0.3) is 0 Å². The number of hydrogen-bond donors (Lipinski definition) is 1. The van der Waals surface area contributed by atoms with Crippen molar-refractivity contribution in [1.82, 2.24) is 9.62 Å². The Morgan fingerprint density at radius 1 is 1.14 bits per heavy atom. The summed E-state index contributed by atoms with van der Waals surface area (Å²) in [6.45, 7) is 1.67. The van der Waals surface area contributed by atoms with Crippen molar-refractivity contribution in [2.45, 2.75) is 24.2 Å². The van der Waals surface area contributed by atoms with Crippen molar-refractivity contribution in [3.05, 3.63) is 59.1 Å². The van der Waals surface area contributed by atoms with E-state index < -0.39 is 10.0 Å². The molecule has 8 heteroatoms. The van der Waals surface area contributed by atoms with Crippen molar-refractivity contribution in [2.75, 3.05) is 26.2 Å². The van der Waals surface area contributed by atoms with Crippen LogP contribution in [0.1, 0.15) is 19.3 Å². The van der Waals surface area contributed by atoms with Crippen molar-refractivity contribution in [2.24, 2.45) is 5.92 Å². The van der Waals surface area contributed by atoms with Crippen LogP contribution < -0.4 is 10.1 Å². The van der Waals surface area contributed by atoms with Crippen LogP contribution in [-0.2, 0) is 14.8 Å². The molecule has 0 aromatic heterocycles. The van der Waals surface area contributed by atoms with Crippen LogP contribution in [0.3, 0.4) is 0 Å². The number of ether oxygens (including phenoxy) is 1. The Labute approximate surface area is 180 Å². The first-order chi connectivity index (χ1) is 14.0. The number of para-hydroxylation sites is 1. The Balaban J connectivity index is 1.47. The molecule has 3 rings (SSSR count). The second kappa shape index (κ2) is 10.2. The normalized spacial score (nSPS) is 17.6. The van der Waals surface area contributed by atoms with E-state index in [9.17, 15) is 13.2 Å². The molecule has 0 aliphatic carbocycles. The summed E-state index contributed by atoms with van der Waals surface area (Å²) in [6, 6.07) is 16.1. The van der Waals surface area contributed by atoms with Gasteiger partial charge in [-0.15, -0.1) is 0 Å². The maximum absolute atomic E-state index is 12.9. The summed E-state index contributed by atoms with van der Waals surface area (Å²) in [5.41, 5.74) is 0. The van der Waals surface area contributed by atoms with Crippen molar-refractivity contribution >= 4 is 31.9 Å². The van der Waals surface area contributed by atoms with E-state index in [1.807, 2.05) is 30.3 Å². The Kier molecular flexibility index (Phi) is 7.69.